The van der Waals surface area contributed by atoms with Gasteiger partial charge in [0.2, 0.25) is 0 Å². The molecule has 0 radical (unpaired) electrons. The predicted molar refractivity (Wildman–Crippen MR) is 56.3 cm³/mol. The zero-order chi connectivity index (χ0) is 9.45. The van der Waals surface area contributed by atoms with Crippen LogP contribution < -0.4 is 0 Å². The summed E-state index contributed by atoms with van der Waals surface area (Å²) in [6.45, 7) is 10.5. The van der Waals surface area contributed by atoms with E-state index in [0.717, 1.165) is 0 Å². The number of hydrogen-bond acceptors (Lipinski definition) is 0. The summed E-state index contributed by atoms with van der Waals surface area (Å²) in [5.74, 6) is 0. The third-order valence-electron chi connectivity index (χ3n) is 2.66. The van der Waals surface area contributed by atoms with Crippen molar-refractivity contribution in [1.29, 1.82) is 0 Å². The summed E-state index contributed by atoms with van der Waals surface area (Å²) in [7, 11) is 2.41. The van der Waals surface area contributed by atoms with E-state index in [-0.39, 0.29) is 0 Å². The Hall–Kier alpha value is -0.0400. The van der Waals surface area contributed by atoms with Crippen LogP contribution in [-0.4, -0.2) is 31.2 Å². The molecule has 0 spiro atoms. The summed E-state index contributed by atoms with van der Waals surface area (Å²) in [5.41, 5.74) is 0. The fraction of sp³-hybridized carbons (Fsp3) is 1.00. The van der Waals surface area contributed by atoms with Gasteiger partial charge in [0.05, 0.1) is 26.7 Å². The quantitative estimate of drug-likeness (QED) is 0.562. The van der Waals surface area contributed by atoms with E-state index in [2.05, 4.69) is 14.0 Å². The third kappa shape index (κ3) is 4.10. The standard InChI is InChI=1S/C9H20N.C2H6/c1-3-7-10(2)8-5-4-6-9-10;1-2/h3-9H2,1-2H3;1-2H3/q+1;. The Kier molecular flexibility index (Phi) is 6.45. The first-order chi connectivity index (χ1) is 5.77. The minimum atomic E-state index is 1.34. The lowest BCUT2D eigenvalue weighted by Gasteiger charge is -2.37. The van der Waals surface area contributed by atoms with E-state index in [9.17, 15) is 0 Å². The number of piperidine rings is 1. The molecule has 0 aromatic carbocycles. The highest BCUT2D eigenvalue weighted by Gasteiger charge is 2.22. The molecule has 1 heteroatoms. The maximum atomic E-state index is 2.41. The van der Waals surface area contributed by atoms with E-state index in [4.69, 9.17) is 0 Å². The molecule has 0 saturated carbocycles. The lowest BCUT2D eigenvalue weighted by molar-refractivity contribution is -0.914. The highest BCUT2D eigenvalue weighted by Crippen LogP contribution is 2.15. The number of hydrogen-bond donors (Lipinski definition) is 0. The molecule has 0 aromatic rings. The second-order valence-corrected chi connectivity index (χ2v) is 3.85. The van der Waals surface area contributed by atoms with Crippen molar-refractivity contribution in [2.24, 2.45) is 0 Å². The Balaban J connectivity index is 0.000000561. The minimum absolute atomic E-state index is 1.34. The Morgan fingerprint density at radius 1 is 1.00 bits per heavy atom. The fourth-order valence-corrected chi connectivity index (χ4v) is 2.04. The van der Waals surface area contributed by atoms with Gasteiger partial charge in [-0.15, -0.1) is 0 Å². The summed E-state index contributed by atoms with van der Waals surface area (Å²) in [6.07, 6.45) is 5.72. The van der Waals surface area contributed by atoms with Crippen molar-refractivity contribution < 1.29 is 4.48 Å². The SMILES string of the molecule is CC.CCC[N+]1(C)CCCCC1. The minimum Gasteiger partial charge on any atom is -0.326 e. The summed E-state index contributed by atoms with van der Waals surface area (Å²) < 4.78 is 1.34. The van der Waals surface area contributed by atoms with Gasteiger partial charge in [-0.2, -0.15) is 0 Å². The molecule has 0 amide bonds. The fourth-order valence-electron chi connectivity index (χ4n) is 2.04. The Morgan fingerprint density at radius 3 is 1.92 bits per heavy atom. The van der Waals surface area contributed by atoms with Crippen molar-refractivity contribution in [2.75, 3.05) is 26.7 Å². The lowest BCUT2D eigenvalue weighted by Crippen LogP contribution is -2.48. The van der Waals surface area contributed by atoms with Crippen molar-refractivity contribution in [3.8, 4) is 0 Å². The maximum absolute atomic E-state index is 2.41. The predicted octanol–water partition coefficient (Wildman–Crippen LogP) is 3.05. The first-order valence-electron chi connectivity index (χ1n) is 5.60. The van der Waals surface area contributed by atoms with E-state index in [0.29, 0.717) is 0 Å². The van der Waals surface area contributed by atoms with Crippen molar-refractivity contribution in [3.63, 3.8) is 0 Å². The van der Waals surface area contributed by atoms with Gasteiger partial charge in [0.15, 0.2) is 0 Å². The van der Waals surface area contributed by atoms with Crippen LogP contribution in [-0.2, 0) is 0 Å². The first kappa shape index (κ1) is 12.0. The third-order valence-corrected chi connectivity index (χ3v) is 2.66. The van der Waals surface area contributed by atoms with Crippen LogP contribution in [0.15, 0.2) is 0 Å². The maximum Gasteiger partial charge on any atom is 0.0784 e. The van der Waals surface area contributed by atoms with E-state index in [1.807, 2.05) is 13.8 Å². The van der Waals surface area contributed by atoms with E-state index >= 15 is 0 Å². The molecule has 12 heavy (non-hydrogen) atoms. The van der Waals surface area contributed by atoms with Gasteiger partial charge in [0.1, 0.15) is 0 Å². The largest absolute Gasteiger partial charge is 0.326 e. The first-order valence-corrected chi connectivity index (χ1v) is 5.60. The zero-order valence-electron chi connectivity index (χ0n) is 9.40. The molecule has 0 aliphatic carbocycles. The zero-order valence-corrected chi connectivity index (χ0v) is 9.40. The summed E-state index contributed by atoms with van der Waals surface area (Å²) in [6, 6.07) is 0. The van der Waals surface area contributed by atoms with Crippen LogP contribution in [0, 0.1) is 0 Å². The molecule has 1 heterocycles. The van der Waals surface area contributed by atoms with Crippen molar-refractivity contribution in [2.45, 2.75) is 46.5 Å². The van der Waals surface area contributed by atoms with Gasteiger partial charge in [-0.05, 0) is 25.7 Å². The molecular weight excluding hydrogens is 146 g/mol. The highest BCUT2D eigenvalue weighted by atomic mass is 15.3. The van der Waals surface area contributed by atoms with Crippen LogP contribution in [0.5, 0.6) is 0 Å². The van der Waals surface area contributed by atoms with Crippen LogP contribution in [0.1, 0.15) is 46.5 Å². The van der Waals surface area contributed by atoms with Crippen LogP contribution in [0.3, 0.4) is 0 Å². The molecule has 1 nitrogen and oxygen atoms in total. The average Bonchev–Trinajstić information content (AvgIpc) is 2.09. The molecule has 1 aliphatic rings. The Bertz CT molecular complexity index is 87.7. The molecule has 74 valence electrons. The molecule has 1 fully saturated rings. The molecule has 1 saturated heterocycles. The van der Waals surface area contributed by atoms with Gasteiger partial charge in [-0.1, -0.05) is 20.8 Å². The molecule has 0 bridgehead atoms. The summed E-state index contributed by atoms with van der Waals surface area (Å²) >= 11 is 0. The number of nitrogens with zero attached hydrogens (tertiary/aromatic N) is 1. The normalized spacial score (nSPS) is 21.0. The van der Waals surface area contributed by atoms with Crippen molar-refractivity contribution >= 4 is 0 Å². The van der Waals surface area contributed by atoms with Crippen LogP contribution >= 0.6 is 0 Å². The monoisotopic (exact) mass is 172 g/mol. The van der Waals surface area contributed by atoms with Gasteiger partial charge >= 0.3 is 0 Å². The van der Waals surface area contributed by atoms with E-state index in [1.165, 1.54) is 49.8 Å². The molecule has 0 unspecified atom stereocenters. The van der Waals surface area contributed by atoms with Crippen molar-refractivity contribution in [3.05, 3.63) is 0 Å². The van der Waals surface area contributed by atoms with Crippen molar-refractivity contribution in [1.82, 2.24) is 0 Å². The second kappa shape index (κ2) is 6.47. The molecule has 0 atom stereocenters. The van der Waals surface area contributed by atoms with Crippen LogP contribution in [0.2, 0.25) is 0 Å². The van der Waals surface area contributed by atoms with Gasteiger partial charge in [0, 0.05) is 0 Å². The average molecular weight is 172 g/mol. The Labute approximate surface area is 78.4 Å². The number of rotatable bonds is 2. The van der Waals surface area contributed by atoms with Gasteiger partial charge in [-0.3, -0.25) is 0 Å². The smallest absolute Gasteiger partial charge is 0.0784 e. The van der Waals surface area contributed by atoms with Crippen LogP contribution in [0.4, 0.5) is 0 Å². The summed E-state index contributed by atoms with van der Waals surface area (Å²) in [5, 5.41) is 0. The highest BCUT2D eigenvalue weighted by molar-refractivity contribution is 4.50. The molecule has 0 N–H and O–H groups in total. The van der Waals surface area contributed by atoms with Gasteiger partial charge < -0.3 is 4.48 Å². The lowest BCUT2D eigenvalue weighted by atomic mass is 10.1. The topological polar surface area (TPSA) is 0 Å². The Morgan fingerprint density at radius 2 is 1.50 bits per heavy atom. The molecule has 1 rings (SSSR count). The van der Waals surface area contributed by atoms with Crippen LogP contribution in [0.25, 0.3) is 0 Å². The van der Waals surface area contributed by atoms with Gasteiger partial charge in [0.25, 0.3) is 0 Å². The second-order valence-electron chi connectivity index (χ2n) is 3.85. The molecular formula is C11H26N+. The van der Waals surface area contributed by atoms with E-state index < -0.39 is 0 Å². The molecule has 0 aromatic heterocycles. The van der Waals surface area contributed by atoms with E-state index in [1.54, 1.807) is 0 Å². The summed E-state index contributed by atoms with van der Waals surface area (Å²) in [4.78, 5) is 0. The molecule has 1 aliphatic heterocycles. The number of likely N-dealkylation sites (tertiary alicyclic amines) is 1. The van der Waals surface area contributed by atoms with Gasteiger partial charge in [-0.25, -0.2) is 0 Å². The number of quaternary nitrogens is 1.